The van der Waals surface area contributed by atoms with Crippen LogP contribution in [0.25, 0.3) is 0 Å². The minimum absolute atomic E-state index is 0.554. The predicted octanol–water partition coefficient (Wildman–Crippen LogP) is 5.23. The van der Waals surface area contributed by atoms with E-state index in [0.29, 0.717) is 23.3 Å². The Labute approximate surface area is 169 Å². The van der Waals surface area contributed by atoms with Crippen LogP contribution in [-0.4, -0.2) is 20.2 Å². The largest absolute Gasteiger partial charge is 0.416 e. The van der Waals surface area contributed by atoms with Gasteiger partial charge in [-0.25, -0.2) is 9.97 Å². The van der Waals surface area contributed by atoms with Crippen molar-refractivity contribution in [1.29, 1.82) is 0 Å². The lowest BCUT2D eigenvalue weighted by Gasteiger charge is -2.02. The van der Waals surface area contributed by atoms with Crippen LogP contribution < -0.4 is 5.32 Å². The minimum Gasteiger partial charge on any atom is -0.416 e. The van der Waals surface area contributed by atoms with Crippen molar-refractivity contribution in [2.45, 2.75) is 31.2 Å². The van der Waals surface area contributed by atoms with E-state index in [1.165, 1.54) is 17.3 Å². The first kappa shape index (κ1) is 18.1. The lowest BCUT2D eigenvalue weighted by atomic mass is 10.2. The Morgan fingerprint density at radius 1 is 1.00 bits per heavy atom. The molecule has 1 N–H and O–H groups in total. The van der Waals surface area contributed by atoms with Gasteiger partial charge in [0.15, 0.2) is 5.13 Å². The first-order chi connectivity index (χ1) is 13.1. The van der Waals surface area contributed by atoms with Gasteiger partial charge in [-0.3, -0.25) is 0 Å². The molecule has 27 heavy (non-hydrogen) atoms. The predicted molar refractivity (Wildman–Crippen MR) is 110 cm³/mol. The van der Waals surface area contributed by atoms with Crippen LogP contribution in [0.15, 0.2) is 44.7 Å². The molecule has 0 bridgehead atoms. The monoisotopic (exact) mass is 415 g/mol. The van der Waals surface area contributed by atoms with Gasteiger partial charge < -0.3 is 9.73 Å². The molecule has 0 atom stereocenters. The summed E-state index contributed by atoms with van der Waals surface area (Å²) >= 11 is 4.70. The number of nitrogens with one attached hydrogen (secondary N) is 1. The van der Waals surface area contributed by atoms with E-state index in [0.717, 1.165) is 27.2 Å². The fourth-order valence-corrected chi connectivity index (χ4v) is 4.46. The summed E-state index contributed by atoms with van der Waals surface area (Å²) in [5.41, 5.74) is 4.21. The fourth-order valence-electron chi connectivity index (χ4n) is 2.34. The Morgan fingerprint density at radius 2 is 1.81 bits per heavy atom. The molecule has 1 aromatic carbocycles. The molecule has 4 aromatic rings. The average Bonchev–Trinajstić information content (AvgIpc) is 3.38. The molecule has 0 spiro atoms. The van der Waals surface area contributed by atoms with E-state index in [9.17, 15) is 0 Å². The first-order valence-corrected chi connectivity index (χ1v) is 11.0. The van der Waals surface area contributed by atoms with Gasteiger partial charge in [-0.2, -0.15) is 0 Å². The van der Waals surface area contributed by atoms with E-state index in [1.54, 1.807) is 22.7 Å². The summed E-state index contributed by atoms with van der Waals surface area (Å²) in [5, 5.41) is 18.0. The smallest absolute Gasteiger partial charge is 0.276 e. The number of aromatic nitrogens is 4. The third-order valence-electron chi connectivity index (χ3n) is 3.65. The average molecular weight is 416 g/mol. The summed E-state index contributed by atoms with van der Waals surface area (Å²) in [5.74, 6) is 1.27. The normalized spacial score (nSPS) is 11.0. The summed E-state index contributed by atoms with van der Waals surface area (Å²) in [4.78, 5) is 9.03. The van der Waals surface area contributed by atoms with Gasteiger partial charge >= 0.3 is 0 Å². The lowest BCUT2D eigenvalue weighted by molar-refractivity contribution is 0.419. The number of hydrogen-bond donors (Lipinski definition) is 1. The van der Waals surface area contributed by atoms with Crippen molar-refractivity contribution in [2.75, 3.05) is 5.32 Å². The Morgan fingerprint density at radius 3 is 2.59 bits per heavy atom. The van der Waals surface area contributed by atoms with Gasteiger partial charge in [0.1, 0.15) is 0 Å². The summed E-state index contributed by atoms with van der Waals surface area (Å²) in [6, 6.07) is 8.25. The van der Waals surface area contributed by atoms with E-state index in [4.69, 9.17) is 4.42 Å². The molecule has 0 fully saturated rings. The molecule has 0 saturated carbocycles. The maximum absolute atomic E-state index is 5.70. The highest BCUT2D eigenvalue weighted by Crippen LogP contribution is 2.26. The van der Waals surface area contributed by atoms with Gasteiger partial charge in [-0.15, -0.1) is 32.9 Å². The van der Waals surface area contributed by atoms with Crippen LogP contribution in [0.2, 0.25) is 0 Å². The van der Waals surface area contributed by atoms with E-state index < -0.39 is 0 Å². The zero-order chi connectivity index (χ0) is 18.6. The molecular formula is C18H17N5OS3. The number of aryl methyl sites for hydroxylation is 2. The van der Waals surface area contributed by atoms with Crippen LogP contribution in [0.5, 0.6) is 0 Å². The number of anilines is 2. The van der Waals surface area contributed by atoms with Gasteiger partial charge in [0.05, 0.1) is 22.8 Å². The van der Waals surface area contributed by atoms with Gasteiger partial charge in [-0.05, 0) is 26.0 Å². The van der Waals surface area contributed by atoms with Crippen LogP contribution >= 0.6 is 34.4 Å². The maximum atomic E-state index is 5.70. The fraction of sp³-hybridized carbons (Fsp3) is 0.222. The molecule has 0 saturated heterocycles. The highest BCUT2D eigenvalue weighted by atomic mass is 32.2. The molecule has 0 aliphatic rings. The Bertz CT molecular complexity index is 1020. The van der Waals surface area contributed by atoms with Crippen LogP contribution in [0, 0.1) is 13.8 Å². The number of nitrogens with zero attached hydrogens (tertiary/aromatic N) is 4. The summed E-state index contributed by atoms with van der Waals surface area (Å²) < 4.78 is 5.70. The third-order valence-corrected chi connectivity index (χ3v) is 6.13. The molecule has 9 heteroatoms. The number of thiazole rings is 2. The van der Waals surface area contributed by atoms with Crippen molar-refractivity contribution in [1.82, 2.24) is 20.2 Å². The second-order valence-electron chi connectivity index (χ2n) is 5.92. The number of rotatable bonds is 7. The standard InChI is InChI=1S/C18H17N5OS3/c1-11-3-5-13(6-4-11)20-17-21-15(9-26-17)10-27-18-23-22-16(24-18)7-14-8-25-12(2)19-14/h3-6,8-9H,7,10H2,1-2H3,(H,20,21). The highest BCUT2D eigenvalue weighted by molar-refractivity contribution is 7.98. The van der Waals surface area contributed by atoms with Crippen molar-refractivity contribution in [2.24, 2.45) is 0 Å². The zero-order valence-corrected chi connectivity index (χ0v) is 17.2. The van der Waals surface area contributed by atoms with Crippen LogP contribution in [0.4, 0.5) is 10.8 Å². The van der Waals surface area contributed by atoms with Crippen molar-refractivity contribution < 1.29 is 4.42 Å². The molecule has 0 amide bonds. The lowest BCUT2D eigenvalue weighted by Crippen LogP contribution is -1.90. The van der Waals surface area contributed by atoms with E-state index in [-0.39, 0.29) is 0 Å². The number of benzene rings is 1. The molecule has 138 valence electrons. The molecule has 4 rings (SSSR count). The highest BCUT2D eigenvalue weighted by Gasteiger charge is 2.11. The van der Waals surface area contributed by atoms with Gasteiger partial charge in [-0.1, -0.05) is 29.5 Å². The van der Waals surface area contributed by atoms with Crippen LogP contribution in [-0.2, 0) is 12.2 Å². The molecular weight excluding hydrogens is 398 g/mol. The quantitative estimate of drug-likeness (QED) is 0.414. The zero-order valence-electron chi connectivity index (χ0n) is 14.8. The molecule has 6 nitrogen and oxygen atoms in total. The maximum Gasteiger partial charge on any atom is 0.276 e. The van der Waals surface area contributed by atoms with Gasteiger partial charge in [0.25, 0.3) is 5.22 Å². The second-order valence-corrected chi connectivity index (χ2v) is 8.77. The third kappa shape index (κ3) is 4.94. The van der Waals surface area contributed by atoms with Crippen molar-refractivity contribution in [3.05, 3.63) is 62.9 Å². The van der Waals surface area contributed by atoms with Crippen LogP contribution in [0.3, 0.4) is 0 Å². The Hall–Kier alpha value is -2.23. The first-order valence-electron chi connectivity index (χ1n) is 8.28. The van der Waals surface area contributed by atoms with Crippen molar-refractivity contribution in [3.63, 3.8) is 0 Å². The summed E-state index contributed by atoms with van der Waals surface area (Å²) in [6.45, 7) is 4.06. The minimum atomic E-state index is 0.554. The van der Waals surface area contributed by atoms with E-state index in [1.807, 2.05) is 17.7 Å². The van der Waals surface area contributed by atoms with E-state index >= 15 is 0 Å². The van der Waals surface area contributed by atoms with Crippen molar-refractivity contribution in [3.8, 4) is 0 Å². The number of thioether (sulfide) groups is 1. The van der Waals surface area contributed by atoms with Crippen LogP contribution in [0.1, 0.15) is 27.8 Å². The Balaban J connectivity index is 1.31. The molecule has 0 aliphatic heterocycles. The van der Waals surface area contributed by atoms with Crippen molar-refractivity contribution >= 4 is 45.3 Å². The van der Waals surface area contributed by atoms with Gasteiger partial charge in [0, 0.05) is 22.2 Å². The molecule has 3 aromatic heterocycles. The topological polar surface area (TPSA) is 76.7 Å². The summed E-state index contributed by atoms with van der Waals surface area (Å²) in [7, 11) is 0. The molecule has 3 heterocycles. The SMILES string of the molecule is Cc1ccc(Nc2nc(CSc3nnc(Cc4csc(C)n4)o3)cs2)cc1. The second kappa shape index (κ2) is 8.20. The van der Waals surface area contributed by atoms with E-state index in [2.05, 4.69) is 56.7 Å². The number of hydrogen-bond acceptors (Lipinski definition) is 9. The van der Waals surface area contributed by atoms with Gasteiger partial charge in [0.2, 0.25) is 5.89 Å². The summed E-state index contributed by atoms with van der Waals surface area (Å²) in [6.07, 6.45) is 0.569. The Kier molecular flexibility index (Phi) is 5.51. The molecule has 0 aliphatic carbocycles. The molecule has 0 unspecified atom stereocenters. The molecule has 0 radical (unpaired) electrons.